The predicted octanol–water partition coefficient (Wildman–Crippen LogP) is 15.1. The van der Waals surface area contributed by atoms with E-state index in [9.17, 15) is 0 Å². The van der Waals surface area contributed by atoms with Crippen LogP contribution in [0.25, 0.3) is 0 Å². The summed E-state index contributed by atoms with van der Waals surface area (Å²) >= 11 is 0. The van der Waals surface area contributed by atoms with E-state index in [4.69, 9.17) is 4.74 Å². The Hall–Kier alpha value is -5.14. The molecular weight excluding hydrogens is 845 g/mol. The molecule has 0 unspecified atom stereocenters. The zero-order valence-electron chi connectivity index (χ0n) is 45.8. The Morgan fingerprint density at radius 1 is 0.377 bits per heavy atom. The number of rotatable bonds is 26. The molecule has 0 amide bonds. The number of nitrogens with zero attached hydrogens (tertiary/aromatic N) is 6. The summed E-state index contributed by atoms with van der Waals surface area (Å²) < 4.78 is 10.4. The van der Waals surface area contributed by atoms with Gasteiger partial charge in [-0.25, -0.2) is 4.58 Å². The molecule has 0 fully saturated rings. The van der Waals surface area contributed by atoms with E-state index >= 15 is 0 Å². The Balaban J connectivity index is 1.63. The molecule has 1 aliphatic carbocycles. The lowest BCUT2D eigenvalue weighted by Gasteiger charge is -2.31. The molecule has 0 saturated heterocycles. The summed E-state index contributed by atoms with van der Waals surface area (Å²) in [4.78, 5) is 10.0. The van der Waals surface area contributed by atoms with Gasteiger partial charge in [-0.15, -0.1) is 0 Å². The van der Waals surface area contributed by atoms with E-state index in [-0.39, 0.29) is 0 Å². The summed E-state index contributed by atoms with van der Waals surface area (Å²) in [5.74, 6) is 4.01. The standard InChI is InChI=1S/C62H92N6O/c1-46(2)39-63(37-16-38-69-15)53-17-25-57(26-18-53)67(58-27-19-54(20-28-58)64(40-47(3)4)41-48(5)6)61-33-35-62(36-34-61)68(59-29-21-55(22-30-59)65(42-49(7)8)43-50(9)10)60-31-23-56(24-32-60)66(44-51(11)12)45-52(13)14/h17-36,46-52H,16,37-45H2,1-15H3/q+2. The largest absolute Gasteiger partial charge is 0.385 e. The molecule has 7 heteroatoms. The average Bonchev–Trinajstić information content (AvgIpc) is 3.29. The van der Waals surface area contributed by atoms with Crippen LogP contribution in [0.3, 0.4) is 0 Å². The second-order valence-corrected chi connectivity index (χ2v) is 22.5. The van der Waals surface area contributed by atoms with Gasteiger partial charge in [-0.05, 0) is 109 Å². The highest BCUT2D eigenvalue weighted by atomic mass is 16.5. The number of anilines is 6. The van der Waals surface area contributed by atoms with Gasteiger partial charge in [0.15, 0.2) is 5.71 Å². The molecule has 0 N–H and O–H groups in total. The van der Waals surface area contributed by atoms with Crippen LogP contribution in [0.15, 0.2) is 121 Å². The summed E-state index contributed by atoms with van der Waals surface area (Å²) in [7, 11) is 1.79. The van der Waals surface area contributed by atoms with E-state index in [0.29, 0.717) is 41.4 Å². The number of hydrogen-bond acceptors (Lipinski definition) is 5. The third kappa shape index (κ3) is 16.8. The van der Waals surface area contributed by atoms with E-state index in [2.05, 4.69) is 247 Å². The van der Waals surface area contributed by atoms with Gasteiger partial charge in [0.25, 0.3) is 0 Å². The summed E-state index contributed by atoms with van der Waals surface area (Å²) in [6, 6.07) is 36.9. The van der Waals surface area contributed by atoms with Crippen LogP contribution in [-0.2, 0) is 4.74 Å². The van der Waals surface area contributed by atoms with Crippen molar-refractivity contribution in [1.29, 1.82) is 0 Å². The van der Waals surface area contributed by atoms with Gasteiger partial charge in [0.1, 0.15) is 13.1 Å². The van der Waals surface area contributed by atoms with Crippen molar-refractivity contribution in [2.24, 2.45) is 41.4 Å². The smallest absolute Gasteiger partial charge is 0.212 e. The van der Waals surface area contributed by atoms with Gasteiger partial charge >= 0.3 is 0 Å². The number of benzene rings is 4. The van der Waals surface area contributed by atoms with Crippen LogP contribution in [0.1, 0.15) is 103 Å². The molecule has 374 valence electrons. The summed E-state index contributed by atoms with van der Waals surface area (Å²) in [6.45, 7) is 41.3. The fraction of sp³-hybridized carbons (Fsp3) is 0.516. The van der Waals surface area contributed by atoms with Crippen LogP contribution < -0.4 is 24.2 Å². The van der Waals surface area contributed by atoms with Gasteiger partial charge < -0.3 is 24.3 Å². The van der Waals surface area contributed by atoms with Crippen LogP contribution >= 0.6 is 0 Å². The van der Waals surface area contributed by atoms with Crippen molar-refractivity contribution in [3.63, 3.8) is 0 Å². The first-order valence-electron chi connectivity index (χ1n) is 26.5. The minimum Gasteiger partial charge on any atom is -0.385 e. The van der Waals surface area contributed by atoms with Crippen LogP contribution in [0.5, 0.6) is 0 Å². The Morgan fingerprint density at radius 2 is 0.681 bits per heavy atom. The molecule has 0 aliphatic heterocycles. The highest BCUT2D eigenvalue weighted by molar-refractivity contribution is 6.18. The molecule has 0 spiro atoms. The van der Waals surface area contributed by atoms with E-state index in [1.807, 2.05) is 0 Å². The Bertz CT molecular complexity index is 2140. The quantitative estimate of drug-likeness (QED) is 0.0355. The molecule has 0 saturated carbocycles. The summed E-state index contributed by atoms with van der Waals surface area (Å²) in [6.07, 6.45) is 10.2. The van der Waals surface area contributed by atoms with Crippen molar-refractivity contribution in [2.45, 2.75) is 103 Å². The van der Waals surface area contributed by atoms with Crippen LogP contribution in [0, 0.1) is 41.4 Å². The summed E-state index contributed by atoms with van der Waals surface area (Å²) in [5.41, 5.74) is 11.8. The topological polar surface area (TPSA) is 28.2 Å². The monoisotopic (exact) mass is 937 g/mol. The van der Waals surface area contributed by atoms with E-state index in [1.54, 1.807) is 7.11 Å². The maximum atomic E-state index is 5.44. The highest BCUT2D eigenvalue weighted by Gasteiger charge is 2.25. The van der Waals surface area contributed by atoms with Crippen molar-refractivity contribution in [3.8, 4) is 0 Å². The van der Waals surface area contributed by atoms with Gasteiger partial charge in [0.2, 0.25) is 17.1 Å². The Kier molecular flexibility index (Phi) is 21.2. The van der Waals surface area contributed by atoms with Crippen molar-refractivity contribution < 1.29 is 9.31 Å². The molecule has 0 bridgehead atoms. The zero-order valence-corrected chi connectivity index (χ0v) is 45.8. The molecule has 0 radical (unpaired) electrons. The SMILES string of the molecule is COCCCN(CC(C)C)c1ccc([N+](=C2C=CC(=[N+](CC(C)C)CC(C)C)C=C2)c2ccc(N(c3ccc(N(CC(C)C)CC(C)C)cc3)c3ccc(N(CC(C)C)CC(C)C)cc3)cc2)cc1. The normalized spacial score (nSPS) is 12.8. The number of hydrogen-bond donors (Lipinski definition) is 0. The second-order valence-electron chi connectivity index (χ2n) is 22.5. The van der Waals surface area contributed by atoms with Crippen LogP contribution in [0.4, 0.5) is 45.5 Å². The minimum atomic E-state index is 0.552. The van der Waals surface area contributed by atoms with Gasteiger partial charge in [-0.2, -0.15) is 4.58 Å². The maximum Gasteiger partial charge on any atom is 0.212 e. The molecule has 69 heavy (non-hydrogen) atoms. The van der Waals surface area contributed by atoms with Crippen molar-refractivity contribution >= 4 is 56.9 Å². The van der Waals surface area contributed by atoms with E-state index < -0.39 is 0 Å². The molecule has 4 aromatic rings. The first-order valence-corrected chi connectivity index (χ1v) is 26.5. The van der Waals surface area contributed by atoms with Crippen molar-refractivity contribution in [1.82, 2.24) is 4.58 Å². The lowest BCUT2D eigenvalue weighted by atomic mass is 10.1. The first kappa shape index (κ1) is 54.8. The van der Waals surface area contributed by atoms with Gasteiger partial charge in [0.05, 0.1) is 0 Å². The fourth-order valence-electron chi connectivity index (χ4n) is 9.56. The third-order valence-corrected chi connectivity index (χ3v) is 12.1. The lowest BCUT2D eigenvalue weighted by Crippen LogP contribution is -2.31. The molecule has 0 aromatic heterocycles. The third-order valence-electron chi connectivity index (χ3n) is 12.1. The molecule has 0 atom stereocenters. The molecule has 5 rings (SSSR count). The molecule has 7 nitrogen and oxygen atoms in total. The molecule has 0 heterocycles. The van der Waals surface area contributed by atoms with Crippen LogP contribution in [0.2, 0.25) is 0 Å². The van der Waals surface area contributed by atoms with Crippen molar-refractivity contribution in [3.05, 3.63) is 121 Å². The lowest BCUT2D eigenvalue weighted by molar-refractivity contribution is -0.538. The molecule has 4 aromatic carbocycles. The highest BCUT2D eigenvalue weighted by Crippen LogP contribution is 2.38. The molecular formula is C62H92N6O+2. The zero-order chi connectivity index (χ0) is 50.2. The Labute approximate surface area is 420 Å². The number of ether oxygens (including phenoxy) is 1. The van der Waals surface area contributed by atoms with E-state index in [0.717, 1.165) is 99.5 Å². The Morgan fingerprint density at radius 3 is 1.03 bits per heavy atom. The second kappa shape index (κ2) is 26.7. The van der Waals surface area contributed by atoms with Gasteiger partial charge in [-0.1, -0.05) is 96.9 Å². The minimum absolute atomic E-state index is 0.552. The number of allylic oxidation sites excluding steroid dienone is 4. The van der Waals surface area contributed by atoms with Gasteiger partial charge in [0, 0.05) is 148 Å². The van der Waals surface area contributed by atoms with Crippen LogP contribution in [-0.4, -0.2) is 82.1 Å². The summed E-state index contributed by atoms with van der Waals surface area (Å²) in [5, 5.41) is 0. The number of methoxy groups -OCH3 is 1. The average molecular weight is 937 g/mol. The predicted molar refractivity (Wildman–Crippen MR) is 304 cm³/mol. The first-order chi connectivity index (χ1) is 32.9. The fourth-order valence-corrected chi connectivity index (χ4v) is 9.56. The van der Waals surface area contributed by atoms with Crippen molar-refractivity contribution in [2.75, 3.05) is 85.7 Å². The van der Waals surface area contributed by atoms with E-state index in [1.165, 1.54) is 22.8 Å². The maximum absolute atomic E-state index is 5.44. The van der Waals surface area contributed by atoms with Gasteiger partial charge in [-0.3, -0.25) is 0 Å². The molecule has 1 aliphatic rings.